The molecule has 0 aliphatic carbocycles. The van der Waals surface area contributed by atoms with Crippen LogP contribution in [0.1, 0.15) is 22.7 Å². The fourth-order valence-electron chi connectivity index (χ4n) is 1.90. The van der Waals surface area contributed by atoms with E-state index >= 15 is 0 Å². The fraction of sp³-hybridized carbons (Fsp3) is 0.333. The van der Waals surface area contributed by atoms with Gasteiger partial charge in [-0.3, -0.25) is 4.79 Å². The van der Waals surface area contributed by atoms with Crippen molar-refractivity contribution in [1.29, 1.82) is 0 Å². The first kappa shape index (κ1) is 14.7. The third-order valence-electron chi connectivity index (χ3n) is 3.03. The predicted octanol–water partition coefficient (Wildman–Crippen LogP) is 2.03. The molecule has 0 aliphatic heterocycles. The van der Waals surface area contributed by atoms with Gasteiger partial charge in [-0.15, -0.1) is 11.3 Å². The van der Waals surface area contributed by atoms with E-state index in [1.54, 1.807) is 11.3 Å². The number of thiazole rings is 1. The maximum absolute atomic E-state index is 11.9. The lowest BCUT2D eigenvalue weighted by Crippen LogP contribution is -2.40. The lowest BCUT2D eigenvalue weighted by atomic mass is 10.1. The van der Waals surface area contributed by atoms with Gasteiger partial charge in [-0.25, -0.2) is 4.98 Å². The van der Waals surface area contributed by atoms with Crippen LogP contribution >= 0.6 is 11.3 Å². The molecule has 1 unspecified atom stereocenters. The highest BCUT2D eigenvalue weighted by molar-refractivity contribution is 7.09. The molecule has 0 spiro atoms. The number of carbonyl (C=O) groups is 1. The van der Waals surface area contributed by atoms with E-state index in [0.29, 0.717) is 13.0 Å². The first-order valence-corrected chi connectivity index (χ1v) is 7.51. The number of aryl methyl sites for hydroxylation is 2. The van der Waals surface area contributed by atoms with Crippen LogP contribution < -0.4 is 11.1 Å². The Hall–Kier alpha value is -1.72. The van der Waals surface area contributed by atoms with Crippen LogP contribution in [0.5, 0.6) is 0 Å². The van der Waals surface area contributed by atoms with E-state index in [9.17, 15) is 4.79 Å². The number of hydrogen-bond donors (Lipinski definition) is 2. The molecule has 0 bridgehead atoms. The number of carbonyl (C=O) groups excluding carboxylic acids is 1. The summed E-state index contributed by atoms with van der Waals surface area (Å²) in [6.07, 6.45) is 1.46. The normalized spacial score (nSPS) is 12.1. The summed E-state index contributed by atoms with van der Waals surface area (Å²) in [5.74, 6) is -0.119. The first-order chi connectivity index (χ1) is 9.65. The fourth-order valence-corrected chi connectivity index (χ4v) is 2.51. The quantitative estimate of drug-likeness (QED) is 0.855. The van der Waals surface area contributed by atoms with Crippen LogP contribution in [0, 0.1) is 6.92 Å². The van der Waals surface area contributed by atoms with E-state index in [0.717, 1.165) is 17.1 Å². The minimum atomic E-state index is -0.477. The van der Waals surface area contributed by atoms with Crippen molar-refractivity contribution in [2.24, 2.45) is 5.73 Å². The minimum absolute atomic E-state index is 0.119. The van der Waals surface area contributed by atoms with Crippen LogP contribution in [-0.2, 0) is 17.8 Å². The number of hydrogen-bond acceptors (Lipinski definition) is 4. The van der Waals surface area contributed by atoms with Gasteiger partial charge in [0.15, 0.2) is 0 Å². The summed E-state index contributed by atoms with van der Waals surface area (Å²) in [6.45, 7) is 2.39. The van der Waals surface area contributed by atoms with E-state index in [1.165, 1.54) is 5.56 Å². The zero-order valence-corrected chi connectivity index (χ0v) is 12.3. The average molecular weight is 289 g/mol. The van der Waals surface area contributed by atoms with Crippen molar-refractivity contribution in [3.63, 3.8) is 0 Å². The van der Waals surface area contributed by atoms with Gasteiger partial charge in [-0.2, -0.15) is 0 Å². The molecule has 1 amide bonds. The monoisotopic (exact) mass is 289 g/mol. The molecule has 0 fully saturated rings. The highest BCUT2D eigenvalue weighted by Crippen LogP contribution is 2.08. The van der Waals surface area contributed by atoms with Crippen molar-refractivity contribution in [3.8, 4) is 0 Å². The van der Waals surface area contributed by atoms with Crippen LogP contribution in [0.3, 0.4) is 0 Å². The smallest absolute Gasteiger partial charge is 0.237 e. The van der Waals surface area contributed by atoms with Gasteiger partial charge in [-0.1, -0.05) is 30.3 Å². The predicted molar refractivity (Wildman–Crippen MR) is 81.4 cm³/mol. The molecular formula is C15H19N3OS. The van der Waals surface area contributed by atoms with E-state index in [4.69, 9.17) is 5.73 Å². The number of nitrogens with one attached hydrogen (secondary N) is 1. The first-order valence-electron chi connectivity index (χ1n) is 6.63. The van der Waals surface area contributed by atoms with Crippen molar-refractivity contribution in [3.05, 3.63) is 52.0 Å². The highest BCUT2D eigenvalue weighted by atomic mass is 32.1. The zero-order valence-electron chi connectivity index (χ0n) is 11.5. The second-order valence-electron chi connectivity index (χ2n) is 4.71. The molecule has 106 valence electrons. The molecule has 1 aromatic heterocycles. The molecule has 1 atom stereocenters. The summed E-state index contributed by atoms with van der Waals surface area (Å²) < 4.78 is 0. The Morgan fingerprint density at radius 3 is 2.80 bits per heavy atom. The van der Waals surface area contributed by atoms with Gasteiger partial charge < -0.3 is 11.1 Å². The van der Waals surface area contributed by atoms with E-state index < -0.39 is 6.04 Å². The van der Waals surface area contributed by atoms with Gasteiger partial charge in [0.05, 0.1) is 23.3 Å². The Labute approximate surface area is 123 Å². The maximum Gasteiger partial charge on any atom is 0.237 e. The van der Waals surface area contributed by atoms with Crippen LogP contribution in [-0.4, -0.2) is 16.9 Å². The standard InChI is InChI=1S/C15H19N3OS/c1-11-18-13(10-20-11)9-17-15(19)14(16)8-7-12-5-3-2-4-6-12/h2-6,10,14H,7-9,16H2,1H3,(H,17,19). The lowest BCUT2D eigenvalue weighted by molar-refractivity contribution is -0.122. The summed E-state index contributed by atoms with van der Waals surface area (Å²) in [5.41, 5.74) is 7.99. The van der Waals surface area contributed by atoms with Crippen LogP contribution in [0.4, 0.5) is 0 Å². The maximum atomic E-state index is 11.9. The molecule has 2 aromatic rings. The molecule has 0 radical (unpaired) electrons. The van der Waals surface area contributed by atoms with Gasteiger partial charge in [0.1, 0.15) is 0 Å². The summed E-state index contributed by atoms with van der Waals surface area (Å²) in [4.78, 5) is 16.2. The summed E-state index contributed by atoms with van der Waals surface area (Å²) in [7, 11) is 0. The molecule has 1 aromatic carbocycles. The van der Waals surface area contributed by atoms with E-state index in [2.05, 4.69) is 10.3 Å². The molecule has 0 saturated carbocycles. The topological polar surface area (TPSA) is 68.0 Å². The SMILES string of the molecule is Cc1nc(CNC(=O)C(N)CCc2ccccc2)cs1. The molecule has 0 aliphatic rings. The molecule has 1 heterocycles. The number of rotatable bonds is 6. The Morgan fingerprint density at radius 1 is 1.40 bits per heavy atom. The minimum Gasteiger partial charge on any atom is -0.349 e. The van der Waals surface area contributed by atoms with Crippen LogP contribution in [0.25, 0.3) is 0 Å². The van der Waals surface area contributed by atoms with Gasteiger partial charge >= 0.3 is 0 Å². The molecule has 4 nitrogen and oxygen atoms in total. The van der Waals surface area contributed by atoms with Crippen molar-refractivity contribution < 1.29 is 4.79 Å². The molecular weight excluding hydrogens is 270 g/mol. The van der Waals surface area contributed by atoms with Crippen molar-refractivity contribution in [1.82, 2.24) is 10.3 Å². The van der Waals surface area contributed by atoms with Gasteiger partial charge in [0, 0.05) is 5.38 Å². The van der Waals surface area contributed by atoms with Crippen molar-refractivity contribution >= 4 is 17.2 Å². The summed E-state index contributed by atoms with van der Waals surface area (Å²) in [6, 6.07) is 9.57. The molecule has 0 saturated heterocycles. The van der Waals surface area contributed by atoms with Gasteiger partial charge in [0.25, 0.3) is 0 Å². The molecule has 20 heavy (non-hydrogen) atoms. The molecule has 2 rings (SSSR count). The number of nitrogens with two attached hydrogens (primary N) is 1. The number of aromatic nitrogens is 1. The molecule has 5 heteroatoms. The average Bonchev–Trinajstić information content (AvgIpc) is 2.89. The van der Waals surface area contributed by atoms with E-state index in [1.807, 2.05) is 42.6 Å². The molecule has 3 N–H and O–H groups in total. The van der Waals surface area contributed by atoms with Gasteiger partial charge in [-0.05, 0) is 25.3 Å². The van der Waals surface area contributed by atoms with E-state index in [-0.39, 0.29) is 5.91 Å². The Bertz CT molecular complexity index is 553. The second kappa shape index (κ2) is 7.17. The summed E-state index contributed by atoms with van der Waals surface area (Å²) >= 11 is 1.58. The summed E-state index contributed by atoms with van der Waals surface area (Å²) in [5, 5.41) is 5.78. The second-order valence-corrected chi connectivity index (χ2v) is 5.77. The van der Waals surface area contributed by atoms with Crippen molar-refractivity contribution in [2.75, 3.05) is 0 Å². The number of benzene rings is 1. The third kappa shape index (κ3) is 4.43. The number of amides is 1. The van der Waals surface area contributed by atoms with Crippen LogP contribution in [0.15, 0.2) is 35.7 Å². The Balaban J connectivity index is 1.74. The largest absolute Gasteiger partial charge is 0.349 e. The lowest BCUT2D eigenvalue weighted by Gasteiger charge is -2.11. The highest BCUT2D eigenvalue weighted by Gasteiger charge is 2.13. The Kier molecular flexibility index (Phi) is 5.26. The van der Waals surface area contributed by atoms with Crippen LogP contribution in [0.2, 0.25) is 0 Å². The Morgan fingerprint density at radius 2 is 2.15 bits per heavy atom. The van der Waals surface area contributed by atoms with Crippen molar-refractivity contribution in [2.45, 2.75) is 32.4 Å². The van der Waals surface area contributed by atoms with Gasteiger partial charge in [0.2, 0.25) is 5.91 Å². The third-order valence-corrected chi connectivity index (χ3v) is 3.86. The zero-order chi connectivity index (χ0) is 14.4. The number of nitrogens with zero attached hydrogens (tertiary/aromatic N) is 1.